The van der Waals surface area contributed by atoms with Gasteiger partial charge < -0.3 is 18.9 Å². The van der Waals surface area contributed by atoms with Crippen LogP contribution < -0.4 is 14.2 Å². The zero-order valence-electron chi connectivity index (χ0n) is 14.8. The van der Waals surface area contributed by atoms with Gasteiger partial charge in [-0.25, -0.2) is 0 Å². The van der Waals surface area contributed by atoms with Crippen LogP contribution in [0.3, 0.4) is 0 Å². The van der Waals surface area contributed by atoms with Crippen LogP contribution in [0.15, 0.2) is 42.5 Å². The highest BCUT2D eigenvalue weighted by atomic mass is 19.4. The second-order valence-corrected chi connectivity index (χ2v) is 5.61. The fraction of sp³-hybridized carbons (Fsp3) is 0.368. The molecule has 26 heavy (non-hydrogen) atoms. The van der Waals surface area contributed by atoms with Crippen LogP contribution in [0, 0.1) is 0 Å². The van der Waals surface area contributed by atoms with E-state index in [9.17, 15) is 13.2 Å². The van der Waals surface area contributed by atoms with E-state index in [0.717, 1.165) is 5.56 Å². The van der Waals surface area contributed by atoms with Crippen LogP contribution >= 0.6 is 0 Å². The Bertz CT molecular complexity index is 677. The Morgan fingerprint density at radius 3 is 1.81 bits per heavy atom. The van der Waals surface area contributed by atoms with Crippen molar-refractivity contribution in [2.75, 3.05) is 27.9 Å². The third-order valence-corrected chi connectivity index (χ3v) is 3.77. The van der Waals surface area contributed by atoms with Crippen molar-refractivity contribution in [1.29, 1.82) is 0 Å². The smallest absolute Gasteiger partial charge is 0.411 e. The standard InChI is InChI=1S/C19H21F3O4/c1-23-15-6-4-13(5-7-15)8-18(26-12-19(20,21)22)14-9-16(24-2)11-17(10-14)25-3/h4-7,9-11,18H,8,12H2,1-3H3. The summed E-state index contributed by atoms with van der Waals surface area (Å²) in [7, 11) is 4.51. The highest BCUT2D eigenvalue weighted by Crippen LogP contribution is 2.32. The minimum atomic E-state index is -4.42. The summed E-state index contributed by atoms with van der Waals surface area (Å²) in [6, 6.07) is 12.0. The van der Waals surface area contributed by atoms with Gasteiger partial charge in [0.1, 0.15) is 23.9 Å². The van der Waals surface area contributed by atoms with Crippen molar-refractivity contribution in [2.24, 2.45) is 0 Å². The predicted molar refractivity (Wildman–Crippen MR) is 91.0 cm³/mol. The number of methoxy groups -OCH3 is 3. The molecule has 0 bridgehead atoms. The molecule has 0 N–H and O–H groups in total. The van der Waals surface area contributed by atoms with Gasteiger partial charge in [0, 0.05) is 12.5 Å². The number of hydrogen-bond acceptors (Lipinski definition) is 4. The third kappa shape index (κ3) is 5.84. The van der Waals surface area contributed by atoms with E-state index in [4.69, 9.17) is 18.9 Å². The summed E-state index contributed by atoms with van der Waals surface area (Å²) < 4.78 is 58.7. The first kappa shape index (κ1) is 19.9. The van der Waals surface area contributed by atoms with Crippen molar-refractivity contribution in [3.8, 4) is 17.2 Å². The molecular formula is C19H21F3O4. The van der Waals surface area contributed by atoms with Crippen molar-refractivity contribution < 1.29 is 32.1 Å². The Kier molecular flexibility index (Phi) is 6.74. The molecule has 2 aromatic carbocycles. The predicted octanol–water partition coefficient (Wildman–Crippen LogP) is 4.58. The summed E-state index contributed by atoms with van der Waals surface area (Å²) in [5, 5.41) is 0. The van der Waals surface area contributed by atoms with Gasteiger partial charge in [-0.15, -0.1) is 0 Å². The van der Waals surface area contributed by atoms with Crippen molar-refractivity contribution >= 4 is 0 Å². The van der Waals surface area contributed by atoms with Crippen LogP contribution in [0.2, 0.25) is 0 Å². The molecule has 0 amide bonds. The first-order chi connectivity index (χ1) is 12.3. The first-order valence-corrected chi connectivity index (χ1v) is 7.89. The number of alkyl halides is 3. The van der Waals surface area contributed by atoms with Crippen molar-refractivity contribution in [2.45, 2.75) is 18.7 Å². The van der Waals surface area contributed by atoms with E-state index >= 15 is 0 Å². The number of ether oxygens (including phenoxy) is 4. The average molecular weight is 370 g/mol. The Morgan fingerprint density at radius 1 is 0.808 bits per heavy atom. The maximum absolute atomic E-state index is 12.7. The van der Waals surface area contributed by atoms with Crippen LogP contribution in [0.25, 0.3) is 0 Å². The van der Waals surface area contributed by atoms with Crippen LogP contribution in [-0.2, 0) is 11.2 Å². The molecule has 0 aliphatic rings. The van der Waals surface area contributed by atoms with Gasteiger partial charge in [-0.1, -0.05) is 12.1 Å². The Morgan fingerprint density at radius 2 is 1.35 bits per heavy atom. The first-order valence-electron chi connectivity index (χ1n) is 7.89. The molecule has 2 rings (SSSR count). The molecule has 0 heterocycles. The average Bonchev–Trinajstić information content (AvgIpc) is 2.64. The van der Waals surface area contributed by atoms with Gasteiger partial charge >= 0.3 is 6.18 Å². The van der Waals surface area contributed by atoms with Gasteiger partial charge in [-0.2, -0.15) is 13.2 Å². The van der Waals surface area contributed by atoms with E-state index in [-0.39, 0.29) is 6.42 Å². The van der Waals surface area contributed by atoms with E-state index in [1.54, 1.807) is 49.6 Å². The highest BCUT2D eigenvalue weighted by molar-refractivity contribution is 5.40. The molecule has 2 aromatic rings. The molecule has 142 valence electrons. The van der Waals surface area contributed by atoms with Gasteiger partial charge in [0.05, 0.1) is 27.4 Å². The molecule has 1 unspecified atom stereocenters. The topological polar surface area (TPSA) is 36.9 Å². The van der Waals surface area contributed by atoms with Gasteiger partial charge in [-0.05, 0) is 35.4 Å². The summed E-state index contributed by atoms with van der Waals surface area (Å²) in [5.74, 6) is 1.63. The fourth-order valence-electron chi connectivity index (χ4n) is 2.46. The van der Waals surface area contributed by atoms with E-state index < -0.39 is 18.9 Å². The molecule has 0 aromatic heterocycles. The van der Waals surface area contributed by atoms with Gasteiger partial charge in [-0.3, -0.25) is 0 Å². The lowest BCUT2D eigenvalue weighted by molar-refractivity contribution is -0.186. The Hall–Kier alpha value is -2.41. The van der Waals surface area contributed by atoms with E-state index in [1.807, 2.05) is 0 Å². The molecule has 0 aliphatic heterocycles. The Balaban J connectivity index is 2.30. The molecular weight excluding hydrogens is 349 g/mol. The maximum atomic E-state index is 12.7. The second-order valence-electron chi connectivity index (χ2n) is 5.61. The van der Waals surface area contributed by atoms with Crippen LogP contribution in [0.4, 0.5) is 13.2 Å². The fourth-order valence-corrected chi connectivity index (χ4v) is 2.46. The van der Waals surface area contributed by atoms with Crippen LogP contribution in [-0.4, -0.2) is 34.1 Å². The quantitative estimate of drug-likeness (QED) is 0.682. The molecule has 0 spiro atoms. The monoisotopic (exact) mass is 370 g/mol. The van der Waals surface area contributed by atoms with Crippen molar-refractivity contribution in [1.82, 2.24) is 0 Å². The summed E-state index contributed by atoms with van der Waals surface area (Å²) >= 11 is 0. The third-order valence-electron chi connectivity index (χ3n) is 3.77. The lowest BCUT2D eigenvalue weighted by atomic mass is 10.0. The largest absolute Gasteiger partial charge is 0.497 e. The van der Waals surface area contributed by atoms with Crippen LogP contribution in [0.1, 0.15) is 17.2 Å². The van der Waals surface area contributed by atoms with E-state index in [1.165, 1.54) is 14.2 Å². The molecule has 0 radical (unpaired) electrons. The highest BCUT2D eigenvalue weighted by Gasteiger charge is 2.30. The van der Waals surface area contributed by atoms with Gasteiger partial charge in [0.15, 0.2) is 0 Å². The molecule has 0 saturated heterocycles. The summed E-state index contributed by atoms with van der Waals surface area (Å²) in [4.78, 5) is 0. The Labute approximate surface area is 150 Å². The zero-order valence-corrected chi connectivity index (χ0v) is 14.8. The van der Waals surface area contributed by atoms with Gasteiger partial charge in [0.2, 0.25) is 0 Å². The molecule has 0 saturated carbocycles. The van der Waals surface area contributed by atoms with Crippen molar-refractivity contribution in [3.63, 3.8) is 0 Å². The van der Waals surface area contributed by atoms with Gasteiger partial charge in [0.25, 0.3) is 0 Å². The van der Waals surface area contributed by atoms with Crippen molar-refractivity contribution in [3.05, 3.63) is 53.6 Å². The molecule has 0 aliphatic carbocycles. The minimum absolute atomic E-state index is 0.260. The molecule has 0 fully saturated rings. The summed E-state index contributed by atoms with van der Waals surface area (Å²) in [6.07, 6.45) is -4.97. The summed E-state index contributed by atoms with van der Waals surface area (Å²) in [6.45, 7) is -1.34. The van der Waals surface area contributed by atoms with E-state index in [2.05, 4.69) is 0 Å². The number of halogens is 3. The lowest BCUT2D eigenvalue weighted by Crippen LogP contribution is -2.20. The number of rotatable bonds is 8. The maximum Gasteiger partial charge on any atom is 0.411 e. The van der Waals surface area contributed by atoms with E-state index in [0.29, 0.717) is 22.8 Å². The molecule has 7 heteroatoms. The zero-order chi connectivity index (χ0) is 19.2. The normalized spacial score (nSPS) is 12.5. The number of benzene rings is 2. The van der Waals surface area contributed by atoms with Crippen LogP contribution in [0.5, 0.6) is 17.2 Å². The number of hydrogen-bond donors (Lipinski definition) is 0. The SMILES string of the molecule is COc1ccc(CC(OCC(F)(F)F)c2cc(OC)cc(OC)c2)cc1. The molecule has 1 atom stereocenters. The second kappa shape index (κ2) is 8.80. The summed E-state index contributed by atoms with van der Waals surface area (Å²) in [5.41, 5.74) is 1.36. The molecule has 4 nitrogen and oxygen atoms in total. The minimum Gasteiger partial charge on any atom is -0.497 e. The lowest BCUT2D eigenvalue weighted by Gasteiger charge is -2.21.